The average molecular weight is 281 g/mol. The summed E-state index contributed by atoms with van der Waals surface area (Å²) in [5, 5.41) is 9.39. The number of hydrogen-bond acceptors (Lipinski definition) is 3. The molecule has 1 atom stereocenters. The van der Waals surface area contributed by atoms with Gasteiger partial charge in [-0.1, -0.05) is 0 Å². The highest BCUT2D eigenvalue weighted by Crippen LogP contribution is 2.41. The number of aromatic hydroxyl groups is 1. The molecule has 1 heterocycles. The molecule has 2 rings (SSSR count). The molecule has 3 nitrogen and oxygen atoms in total. The number of benzene rings is 1. The summed E-state index contributed by atoms with van der Waals surface area (Å²) in [6.07, 6.45) is 0.824. The topological polar surface area (TPSA) is 55.5 Å². The number of ether oxygens (including phenoxy) is 1. The molecule has 1 aliphatic heterocycles. The molecule has 14 heavy (non-hydrogen) atoms. The van der Waals surface area contributed by atoms with Gasteiger partial charge in [-0.3, -0.25) is 0 Å². The summed E-state index contributed by atoms with van der Waals surface area (Å²) < 4.78 is 6.02. The second-order valence-corrected chi connectivity index (χ2v) is 3.85. The molecule has 0 saturated heterocycles. The number of phenols is 1. The molecule has 3 N–H and O–H groups in total. The molecular weight excluding hydrogens is 269 g/mol. The van der Waals surface area contributed by atoms with Crippen LogP contribution in [0.15, 0.2) is 16.6 Å². The summed E-state index contributed by atoms with van der Waals surface area (Å²) in [7, 11) is 0. The Labute approximate surface area is 96.8 Å². The predicted molar refractivity (Wildman–Crippen MR) is 60.1 cm³/mol. The van der Waals surface area contributed by atoms with Gasteiger partial charge in [0.2, 0.25) is 0 Å². The van der Waals surface area contributed by atoms with Gasteiger partial charge in [0.15, 0.2) is 0 Å². The van der Waals surface area contributed by atoms with Gasteiger partial charge in [-0.15, -0.1) is 12.4 Å². The fourth-order valence-electron chi connectivity index (χ4n) is 1.44. The Balaban J connectivity index is 0.000000980. The Kier molecular flexibility index (Phi) is 3.64. The minimum atomic E-state index is 0. The van der Waals surface area contributed by atoms with Gasteiger partial charge in [0.25, 0.3) is 0 Å². The number of halogens is 2. The maximum absolute atomic E-state index is 9.39. The van der Waals surface area contributed by atoms with Gasteiger partial charge in [0, 0.05) is 18.0 Å². The Hall–Kier alpha value is -0.450. The lowest BCUT2D eigenvalue weighted by Gasteiger charge is -2.23. The van der Waals surface area contributed by atoms with Crippen molar-refractivity contribution in [3.05, 3.63) is 22.2 Å². The number of nitrogens with two attached hydrogens (primary N) is 1. The first-order valence-corrected chi connectivity index (χ1v) is 4.89. The normalized spacial score (nSPS) is 19.1. The largest absolute Gasteiger partial charge is 0.507 e. The second kappa shape index (κ2) is 4.38. The van der Waals surface area contributed by atoms with E-state index >= 15 is 0 Å². The molecule has 0 radical (unpaired) electrons. The summed E-state index contributed by atoms with van der Waals surface area (Å²) in [5.41, 5.74) is 6.84. The highest BCUT2D eigenvalue weighted by molar-refractivity contribution is 9.10. The average Bonchev–Trinajstić information content (AvgIpc) is 2.12. The van der Waals surface area contributed by atoms with Crippen LogP contribution in [0, 0.1) is 0 Å². The molecular formula is C9H11BrClNO2. The van der Waals surface area contributed by atoms with E-state index in [0.717, 1.165) is 12.0 Å². The molecule has 1 unspecified atom stereocenters. The summed E-state index contributed by atoms with van der Waals surface area (Å²) in [6, 6.07) is 3.44. The van der Waals surface area contributed by atoms with Gasteiger partial charge in [0.05, 0.1) is 6.61 Å². The number of phenolic OH excluding ortho intramolecular Hbond substituents is 1. The standard InChI is InChI=1S/C9H10BrNO2.ClH/c10-8-7(12)2-1-5-6(11)3-4-13-9(5)8;/h1-2,6,12H,3-4,11H2;1H. The van der Waals surface area contributed by atoms with Crippen molar-refractivity contribution in [2.75, 3.05) is 6.61 Å². The van der Waals surface area contributed by atoms with Crippen molar-refractivity contribution >= 4 is 28.3 Å². The molecule has 0 fully saturated rings. The lowest BCUT2D eigenvalue weighted by Crippen LogP contribution is -2.20. The Morgan fingerprint density at radius 1 is 1.50 bits per heavy atom. The first-order valence-electron chi connectivity index (χ1n) is 4.10. The van der Waals surface area contributed by atoms with Crippen LogP contribution in [-0.2, 0) is 0 Å². The van der Waals surface area contributed by atoms with Crippen molar-refractivity contribution in [1.29, 1.82) is 0 Å². The van der Waals surface area contributed by atoms with E-state index in [2.05, 4.69) is 15.9 Å². The van der Waals surface area contributed by atoms with Crippen LogP contribution in [0.2, 0.25) is 0 Å². The SMILES string of the molecule is Cl.NC1CCOc2c1ccc(O)c2Br. The first kappa shape index (κ1) is 11.6. The van der Waals surface area contributed by atoms with E-state index in [9.17, 15) is 5.11 Å². The molecule has 0 bridgehead atoms. The van der Waals surface area contributed by atoms with Crippen LogP contribution in [0.1, 0.15) is 18.0 Å². The van der Waals surface area contributed by atoms with Crippen molar-refractivity contribution < 1.29 is 9.84 Å². The number of fused-ring (bicyclic) bond motifs is 1. The summed E-state index contributed by atoms with van der Waals surface area (Å²) in [4.78, 5) is 0. The van der Waals surface area contributed by atoms with E-state index in [4.69, 9.17) is 10.5 Å². The van der Waals surface area contributed by atoms with Crippen LogP contribution < -0.4 is 10.5 Å². The highest BCUT2D eigenvalue weighted by Gasteiger charge is 2.21. The van der Waals surface area contributed by atoms with E-state index in [1.54, 1.807) is 12.1 Å². The fourth-order valence-corrected chi connectivity index (χ4v) is 1.92. The van der Waals surface area contributed by atoms with Crippen molar-refractivity contribution in [3.63, 3.8) is 0 Å². The van der Waals surface area contributed by atoms with Gasteiger partial charge in [0.1, 0.15) is 16.0 Å². The lowest BCUT2D eigenvalue weighted by molar-refractivity contribution is 0.265. The molecule has 0 aromatic heterocycles. The summed E-state index contributed by atoms with van der Waals surface area (Å²) >= 11 is 3.26. The summed E-state index contributed by atoms with van der Waals surface area (Å²) in [5.74, 6) is 0.867. The van der Waals surface area contributed by atoms with Crippen LogP contribution >= 0.6 is 28.3 Å². The molecule has 1 aromatic rings. The van der Waals surface area contributed by atoms with E-state index in [1.807, 2.05) is 0 Å². The Bertz CT molecular complexity index is 346. The first-order chi connectivity index (χ1) is 6.20. The minimum Gasteiger partial charge on any atom is -0.507 e. The zero-order chi connectivity index (χ0) is 9.42. The van der Waals surface area contributed by atoms with Crippen LogP contribution in [0.25, 0.3) is 0 Å². The monoisotopic (exact) mass is 279 g/mol. The molecule has 0 spiro atoms. The van der Waals surface area contributed by atoms with Gasteiger partial charge < -0.3 is 15.6 Å². The molecule has 5 heteroatoms. The predicted octanol–water partition coefficient (Wildman–Crippen LogP) is 2.36. The molecule has 1 aromatic carbocycles. The number of rotatable bonds is 0. The van der Waals surface area contributed by atoms with Crippen molar-refractivity contribution in [3.8, 4) is 11.5 Å². The Morgan fingerprint density at radius 3 is 2.93 bits per heavy atom. The van der Waals surface area contributed by atoms with Crippen molar-refractivity contribution in [1.82, 2.24) is 0 Å². The van der Waals surface area contributed by atoms with Gasteiger partial charge in [-0.05, 0) is 28.1 Å². The van der Waals surface area contributed by atoms with Crippen molar-refractivity contribution in [2.45, 2.75) is 12.5 Å². The van der Waals surface area contributed by atoms with Crippen LogP contribution in [-0.4, -0.2) is 11.7 Å². The zero-order valence-corrected chi connectivity index (χ0v) is 9.77. The highest BCUT2D eigenvalue weighted by atomic mass is 79.9. The summed E-state index contributed by atoms with van der Waals surface area (Å²) in [6.45, 7) is 0.607. The van der Waals surface area contributed by atoms with Crippen LogP contribution in [0.3, 0.4) is 0 Å². The van der Waals surface area contributed by atoms with E-state index in [1.165, 1.54) is 0 Å². The van der Waals surface area contributed by atoms with Crippen molar-refractivity contribution in [2.24, 2.45) is 5.73 Å². The van der Waals surface area contributed by atoms with Gasteiger partial charge >= 0.3 is 0 Å². The third kappa shape index (κ3) is 1.82. The van der Waals surface area contributed by atoms with E-state index in [0.29, 0.717) is 16.8 Å². The third-order valence-electron chi connectivity index (χ3n) is 2.18. The zero-order valence-electron chi connectivity index (χ0n) is 7.37. The maximum Gasteiger partial charge on any atom is 0.141 e. The Morgan fingerprint density at radius 2 is 2.21 bits per heavy atom. The van der Waals surface area contributed by atoms with Crippen LogP contribution in [0.5, 0.6) is 11.5 Å². The molecule has 78 valence electrons. The van der Waals surface area contributed by atoms with Crippen LogP contribution in [0.4, 0.5) is 0 Å². The van der Waals surface area contributed by atoms with Gasteiger partial charge in [-0.25, -0.2) is 0 Å². The van der Waals surface area contributed by atoms with E-state index < -0.39 is 0 Å². The smallest absolute Gasteiger partial charge is 0.141 e. The quantitative estimate of drug-likeness (QED) is 0.767. The minimum absolute atomic E-state index is 0. The fraction of sp³-hybridized carbons (Fsp3) is 0.333. The molecule has 0 aliphatic carbocycles. The molecule has 0 amide bonds. The van der Waals surface area contributed by atoms with Gasteiger partial charge in [-0.2, -0.15) is 0 Å². The second-order valence-electron chi connectivity index (χ2n) is 3.06. The number of hydrogen-bond donors (Lipinski definition) is 2. The lowest BCUT2D eigenvalue weighted by atomic mass is 10.0. The maximum atomic E-state index is 9.39. The third-order valence-corrected chi connectivity index (χ3v) is 2.95. The van der Waals surface area contributed by atoms with E-state index in [-0.39, 0.29) is 24.2 Å². The molecule has 0 saturated carbocycles. The molecule has 1 aliphatic rings.